The highest BCUT2D eigenvalue weighted by Gasteiger charge is 2.56. The minimum atomic E-state index is -4.05. The molecule has 18 heavy (non-hydrogen) atoms. The van der Waals surface area contributed by atoms with Crippen molar-refractivity contribution in [3.05, 3.63) is 0 Å². The Morgan fingerprint density at radius 2 is 1.94 bits per heavy atom. The van der Waals surface area contributed by atoms with Crippen LogP contribution in [0.2, 0.25) is 0 Å². The van der Waals surface area contributed by atoms with Crippen LogP contribution in [0.5, 0.6) is 0 Å². The normalized spacial score (nSPS) is 30.7. The molecule has 2 fully saturated rings. The average molecular weight is 265 g/mol. The van der Waals surface area contributed by atoms with Crippen molar-refractivity contribution in [3.63, 3.8) is 0 Å². The summed E-state index contributed by atoms with van der Waals surface area (Å²) in [4.78, 5) is 0. The van der Waals surface area contributed by atoms with Crippen LogP contribution < -0.4 is 5.32 Å². The van der Waals surface area contributed by atoms with Gasteiger partial charge in [-0.1, -0.05) is 12.8 Å². The van der Waals surface area contributed by atoms with Crippen LogP contribution in [0.15, 0.2) is 0 Å². The molecule has 1 N–H and O–H groups in total. The number of rotatable bonds is 5. The third-order valence-corrected chi connectivity index (χ3v) is 4.59. The van der Waals surface area contributed by atoms with Crippen LogP contribution in [0.1, 0.15) is 44.9 Å². The number of nitrogens with one attached hydrogen (secondary N) is 1. The largest absolute Gasteiger partial charge is 0.389 e. The zero-order chi connectivity index (χ0) is 13.2. The Bertz CT molecular complexity index is 274. The molecule has 1 spiro atoms. The van der Waals surface area contributed by atoms with Crippen molar-refractivity contribution in [3.8, 4) is 0 Å². The Morgan fingerprint density at radius 1 is 1.28 bits per heavy atom. The summed E-state index contributed by atoms with van der Waals surface area (Å²) >= 11 is 0. The number of alkyl halides is 3. The molecule has 0 amide bonds. The first-order valence-corrected chi connectivity index (χ1v) is 6.83. The highest BCUT2D eigenvalue weighted by atomic mass is 19.4. The van der Waals surface area contributed by atoms with E-state index in [9.17, 15) is 13.2 Å². The molecule has 0 aromatic rings. The van der Waals surface area contributed by atoms with Gasteiger partial charge in [-0.2, -0.15) is 13.2 Å². The molecule has 0 bridgehead atoms. The van der Waals surface area contributed by atoms with Crippen molar-refractivity contribution in [2.24, 2.45) is 5.41 Å². The summed E-state index contributed by atoms with van der Waals surface area (Å²) in [5.74, 6) is 0. The predicted octanol–water partition coefficient (Wildman–Crippen LogP) is 3.27. The number of hydrogen-bond donors (Lipinski definition) is 1. The Kier molecular flexibility index (Phi) is 4.22. The summed E-state index contributed by atoms with van der Waals surface area (Å²) in [6, 6.07) is 0.493. The van der Waals surface area contributed by atoms with Crippen LogP contribution in [0, 0.1) is 5.41 Å². The highest BCUT2D eigenvalue weighted by molar-refractivity contribution is 5.09. The van der Waals surface area contributed by atoms with Crippen LogP contribution in [0.4, 0.5) is 13.2 Å². The molecule has 5 heteroatoms. The highest BCUT2D eigenvalue weighted by Crippen LogP contribution is 2.54. The first-order chi connectivity index (χ1) is 8.48. The van der Waals surface area contributed by atoms with Crippen LogP contribution in [-0.2, 0) is 4.74 Å². The Balaban J connectivity index is 1.74. The van der Waals surface area contributed by atoms with Gasteiger partial charge in [-0.3, -0.25) is 0 Å². The maximum absolute atomic E-state index is 12.0. The van der Waals surface area contributed by atoms with E-state index >= 15 is 0 Å². The zero-order valence-corrected chi connectivity index (χ0v) is 10.9. The molecular formula is C13H22F3NO. The molecule has 106 valence electrons. The molecule has 2 rings (SSSR count). The number of ether oxygens (including phenoxy) is 1. The van der Waals surface area contributed by atoms with E-state index in [1.807, 2.05) is 7.05 Å². The monoisotopic (exact) mass is 265 g/mol. The SMILES string of the molecule is CNC1CC(OCCCC(F)(F)F)C12CCCC2. The van der Waals surface area contributed by atoms with Gasteiger partial charge >= 0.3 is 6.18 Å². The third-order valence-electron chi connectivity index (χ3n) is 4.59. The maximum atomic E-state index is 12.0. The Morgan fingerprint density at radius 3 is 2.50 bits per heavy atom. The van der Waals surface area contributed by atoms with Gasteiger partial charge in [0, 0.05) is 24.5 Å². The van der Waals surface area contributed by atoms with Crippen molar-refractivity contribution in [2.45, 2.75) is 63.3 Å². The van der Waals surface area contributed by atoms with E-state index in [0.29, 0.717) is 6.04 Å². The lowest BCUT2D eigenvalue weighted by Crippen LogP contribution is -2.61. The minimum Gasteiger partial charge on any atom is -0.378 e. The molecule has 2 nitrogen and oxygen atoms in total. The van der Waals surface area contributed by atoms with Crippen molar-refractivity contribution in [1.82, 2.24) is 5.32 Å². The van der Waals surface area contributed by atoms with Gasteiger partial charge in [0.2, 0.25) is 0 Å². The van der Waals surface area contributed by atoms with E-state index in [1.54, 1.807) is 0 Å². The molecule has 0 aromatic carbocycles. The van der Waals surface area contributed by atoms with Crippen LogP contribution in [0.3, 0.4) is 0 Å². The van der Waals surface area contributed by atoms with Crippen molar-refractivity contribution < 1.29 is 17.9 Å². The average Bonchev–Trinajstić information content (AvgIpc) is 2.77. The molecule has 0 saturated heterocycles. The van der Waals surface area contributed by atoms with E-state index in [0.717, 1.165) is 19.3 Å². The predicted molar refractivity (Wildman–Crippen MR) is 63.4 cm³/mol. The quantitative estimate of drug-likeness (QED) is 0.770. The van der Waals surface area contributed by atoms with Crippen LogP contribution in [0.25, 0.3) is 0 Å². The first-order valence-electron chi connectivity index (χ1n) is 6.83. The van der Waals surface area contributed by atoms with Gasteiger partial charge in [0.25, 0.3) is 0 Å². The van der Waals surface area contributed by atoms with Gasteiger partial charge in [-0.05, 0) is 32.7 Å². The summed E-state index contributed by atoms with van der Waals surface area (Å²) in [5.41, 5.74) is 0.215. The molecular weight excluding hydrogens is 243 g/mol. The van der Waals surface area contributed by atoms with Crippen LogP contribution in [-0.4, -0.2) is 32.0 Å². The molecule has 0 aromatic heterocycles. The van der Waals surface area contributed by atoms with E-state index in [2.05, 4.69) is 5.32 Å². The van der Waals surface area contributed by atoms with E-state index in [-0.39, 0.29) is 24.5 Å². The second-order valence-electron chi connectivity index (χ2n) is 5.60. The molecule has 0 aliphatic heterocycles. The summed E-state index contributed by atoms with van der Waals surface area (Å²) in [6.07, 6.45) is 1.17. The lowest BCUT2D eigenvalue weighted by molar-refractivity contribution is -0.154. The number of halogens is 3. The topological polar surface area (TPSA) is 21.3 Å². The molecule has 0 heterocycles. The summed E-state index contributed by atoms with van der Waals surface area (Å²) in [6.45, 7) is 0.238. The summed E-state index contributed by atoms with van der Waals surface area (Å²) in [5, 5.41) is 3.32. The maximum Gasteiger partial charge on any atom is 0.389 e. The lowest BCUT2D eigenvalue weighted by atomic mass is 9.60. The van der Waals surface area contributed by atoms with Gasteiger partial charge in [0.1, 0.15) is 0 Å². The smallest absolute Gasteiger partial charge is 0.378 e. The fraction of sp³-hybridized carbons (Fsp3) is 1.00. The van der Waals surface area contributed by atoms with Crippen LogP contribution >= 0.6 is 0 Å². The van der Waals surface area contributed by atoms with E-state index in [1.165, 1.54) is 12.8 Å². The zero-order valence-electron chi connectivity index (χ0n) is 10.9. The van der Waals surface area contributed by atoms with Crippen molar-refractivity contribution in [2.75, 3.05) is 13.7 Å². The Labute approximate surface area is 106 Å². The van der Waals surface area contributed by atoms with Gasteiger partial charge in [0.15, 0.2) is 0 Å². The fourth-order valence-electron chi connectivity index (χ4n) is 3.59. The second-order valence-corrected chi connectivity index (χ2v) is 5.60. The third kappa shape index (κ3) is 2.82. The first kappa shape index (κ1) is 14.1. The van der Waals surface area contributed by atoms with Gasteiger partial charge in [-0.15, -0.1) is 0 Å². The summed E-state index contributed by atoms with van der Waals surface area (Å²) in [7, 11) is 1.96. The van der Waals surface area contributed by atoms with Crippen molar-refractivity contribution in [1.29, 1.82) is 0 Å². The van der Waals surface area contributed by atoms with E-state index < -0.39 is 12.6 Å². The van der Waals surface area contributed by atoms with E-state index in [4.69, 9.17) is 4.74 Å². The van der Waals surface area contributed by atoms with Gasteiger partial charge in [0.05, 0.1) is 6.10 Å². The van der Waals surface area contributed by atoms with Gasteiger partial charge < -0.3 is 10.1 Å². The van der Waals surface area contributed by atoms with Crippen molar-refractivity contribution >= 4 is 0 Å². The summed E-state index contributed by atoms with van der Waals surface area (Å²) < 4.78 is 41.8. The molecule has 2 aliphatic rings. The van der Waals surface area contributed by atoms with Gasteiger partial charge in [-0.25, -0.2) is 0 Å². The second kappa shape index (κ2) is 5.37. The lowest BCUT2D eigenvalue weighted by Gasteiger charge is -2.54. The minimum absolute atomic E-state index is 0.0836. The Hall–Kier alpha value is -0.290. The molecule has 2 atom stereocenters. The fourth-order valence-corrected chi connectivity index (χ4v) is 3.59. The molecule has 2 aliphatic carbocycles. The molecule has 2 saturated carbocycles. The molecule has 0 radical (unpaired) electrons. The number of hydrogen-bond acceptors (Lipinski definition) is 2. The molecule has 2 unspecified atom stereocenters. The standard InChI is InChI=1S/C13H22F3NO/c1-17-10-9-11(12(10)5-2-3-6-12)18-8-4-7-13(14,15)16/h10-11,17H,2-9H2,1H3.